The molecule has 3 aliphatic rings. The third kappa shape index (κ3) is 1.96. The molecule has 1 aliphatic heterocycles. The molecule has 1 heterocycles. The Morgan fingerprint density at radius 3 is 2.69 bits per heavy atom. The van der Waals surface area contributed by atoms with Gasteiger partial charge in [0.25, 0.3) is 0 Å². The van der Waals surface area contributed by atoms with Gasteiger partial charge in [-0.05, 0) is 36.9 Å². The third-order valence-corrected chi connectivity index (χ3v) is 4.26. The molecule has 0 radical (unpaired) electrons. The molecule has 16 heavy (non-hydrogen) atoms. The number of allylic oxidation sites excluding steroid dienone is 1. The Kier molecular flexibility index (Phi) is 2.86. The summed E-state index contributed by atoms with van der Waals surface area (Å²) >= 11 is 5.46. The van der Waals surface area contributed by atoms with Crippen LogP contribution in [0.5, 0.6) is 0 Å². The minimum absolute atomic E-state index is 0.574. The molecule has 1 saturated heterocycles. The number of thiocarbonyl (C=S) groups is 1. The Balaban J connectivity index is 1.54. The van der Waals surface area contributed by atoms with E-state index in [1.165, 1.54) is 12.8 Å². The van der Waals surface area contributed by atoms with Crippen molar-refractivity contribution in [1.82, 2.24) is 10.2 Å². The zero-order valence-corrected chi connectivity index (χ0v) is 10.2. The average Bonchev–Trinajstić information content (AvgIpc) is 2.92. The van der Waals surface area contributed by atoms with Crippen molar-refractivity contribution in [2.75, 3.05) is 26.3 Å². The summed E-state index contributed by atoms with van der Waals surface area (Å²) in [5.74, 6) is 1.51. The van der Waals surface area contributed by atoms with E-state index in [1.54, 1.807) is 0 Å². The van der Waals surface area contributed by atoms with Crippen LogP contribution in [0.25, 0.3) is 0 Å². The van der Waals surface area contributed by atoms with Crippen LogP contribution in [0.4, 0.5) is 0 Å². The van der Waals surface area contributed by atoms with E-state index in [0.717, 1.165) is 37.3 Å². The third-order valence-electron chi connectivity index (χ3n) is 3.89. The van der Waals surface area contributed by atoms with Crippen LogP contribution in [0.1, 0.15) is 12.8 Å². The first-order chi connectivity index (χ1) is 7.83. The van der Waals surface area contributed by atoms with Gasteiger partial charge in [0.15, 0.2) is 5.11 Å². The van der Waals surface area contributed by atoms with E-state index < -0.39 is 0 Å². The summed E-state index contributed by atoms with van der Waals surface area (Å²) in [5, 5.41) is 4.46. The number of rotatable bonds is 1. The largest absolute Gasteiger partial charge is 0.378 e. The first-order valence-electron chi connectivity index (χ1n) is 6.14. The molecule has 0 aromatic heterocycles. The van der Waals surface area contributed by atoms with Crippen LogP contribution in [0, 0.1) is 11.8 Å². The number of nitrogens with one attached hydrogen (secondary N) is 1. The van der Waals surface area contributed by atoms with Gasteiger partial charge < -0.3 is 15.0 Å². The highest BCUT2D eigenvalue weighted by Crippen LogP contribution is 2.38. The van der Waals surface area contributed by atoms with E-state index in [4.69, 9.17) is 17.0 Å². The van der Waals surface area contributed by atoms with E-state index in [9.17, 15) is 0 Å². The van der Waals surface area contributed by atoms with Crippen LogP contribution in [0.2, 0.25) is 0 Å². The van der Waals surface area contributed by atoms with Gasteiger partial charge in [0.05, 0.1) is 13.2 Å². The van der Waals surface area contributed by atoms with E-state index >= 15 is 0 Å². The maximum Gasteiger partial charge on any atom is 0.169 e. The second-order valence-corrected chi connectivity index (χ2v) is 5.32. The van der Waals surface area contributed by atoms with Crippen molar-refractivity contribution in [3.63, 3.8) is 0 Å². The smallest absolute Gasteiger partial charge is 0.169 e. The van der Waals surface area contributed by atoms with E-state index in [2.05, 4.69) is 22.4 Å². The van der Waals surface area contributed by atoms with Gasteiger partial charge in [-0.25, -0.2) is 0 Å². The highest BCUT2D eigenvalue weighted by molar-refractivity contribution is 7.80. The molecule has 1 N–H and O–H groups in total. The molecule has 0 aromatic carbocycles. The molecule has 2 fully saturated rings. The predicted molar refractivity (Wildman–Crippen MR) is 67.3 cm³/mol. The Bertz CT molecular complexity index is 312. The summed E-state index contributed by atoms with van der Waals surface area (Å²) in [6, 6.07) is 0.574. The van der Waals surface area contributed by atoms with Gasteiger partial charge in [-0.1, -0.05) is 12.2 Å². The molecule has 2 aliphatic carbocycles. The monoisotopic (exact) mass is 238 g/mol. The normalized spacial score (nSPS) is 36.8. The van der Waals surface area contributed by atoms with E-state index in [0.29, 0.717) is 12.0 Å². The van der Waals surface area contributed by atoms with Gasteiger partial charge in [-0.15, -0.1) is 0 Å². The van der Waals surface area contributed by atoms with E-state index in [1.807, 2.05) is 0 Å². The number of nitrogens with zero attached hydrogens (tertiary/aromatic N) is 1. The zero-order chi connectivity index (χ0) is 11.0. The van der Waals surface area contributed by atoms with Crippen molar-refractivity contribution >= 4 is 17.3 Å². The lowest BCUT2D eigenvalue weighted by Gasteiger charge is -2.32. The molecule has 3 rings (SSSR count). The number of hydrogen-bond donors (Lipinski definition) is 1. The predicted octanol–water partition coefficient (Wildman–Crippen LogP) is 1.16. The molecule has 0 spiro atoms. The summed E-state index contributed by atoms with van der Waals surface area (Å²) in [5.41, 5.74) is 0. The van der Waals surface area contributed by atoms with Gasteiger partial charge >= 0.3 is 0 Å². The van der Waals surface area contributed by atoms with Crippen molar-refractivity contribution in [3.05, 3.63) is 12.2 Å². The van der Waals surface area contributed by atoms with Crippen molar-refractivity contribution < 1.29 is 4.74 Å². The van der Waals surface area contributed by atoms with Gasteiger partial charge in [0.1, 0.15) is 0 Å². The molecule has 2 bridgehead atoms. The Morgan fingerprint density at radius 2 is 2.06 bits per heavy atom. The number of hydrogen-bond acceptors (Lipinski definition) is 2. The van der Waals surface area contributed by atoms with Crippen LogP contribution < -0.4 is 5.32 Å². The van der Waals surface area contributed by atoms with Crippen LogP contribution in [-0.4, -0.2) is 42.4 Å². The molecule has 3 nitrogen and oxygen atoms in total. The van der Waals surface area contributed by atoms with Crippen LogP contribution >= 0.6 is 12.2 Å². The first-order valence-corrected chi connectivity index (χ1v) is 6.55. The summed E-state index contributed by atoms with van der Waals surface area (Å²) in [7, 11) is 0. The van der Waals surface area contributed by atoms with Crippen molar-refractivity contribution in [3.8, 4) is 0 Å². The maximum absolute atomic E-state index is 5.46. The second kappa shape index (κ2) is 4.34. The highest BCUT2D eigenvalue weighted by atomic mass is 32.1. The summed E-state index contributed by atoms with van der Waals surface area (Å²) < 4.78 is 5.33. The van der Waals surface area contributed by atoms with Crippen molar-refractivity contribution in [1.29, 1.82) is 0 Å². The fourth-order valence-corrected chi connectivity index (χ4v) is 3.30. The Morgan fingerprint density at radius 1 is 1.25 bits per heavy atom. The van der Waals surface area contributed by atoms with E-state index in [-0.39, 0.29) is 0 Å². The molecule has 0 aromatic rings. The van der Waals surface area contributed by atoms with Crippen molar-refractivity contribution in [2.24, 2.45) is 11.8 Å². The lowest BCUT2D eigenvalue weighted by Crippen LogP contribution is -2.49. The van der Waals surface area contributed by atoms with Gasteiger partial charge in [0, 0.05) is 19.1 Å². The first kappa shape index (κ1) is 10.5. The van der Waals surface area contributed by atoms with Crippen LogP contribution in [-0.2, 0) is 4.74 Å². The lowest BCUT2D eigenvalue weighted by molar-refractivity contribution is 0.0673. The second-order valence-electron chi connectivity index (χ2n) is 4.94. The molecular formula is C12H18N2OS. The molecule has 88 valence electrons. The van der Waals surface area contributed by atoms with Crippen LogP contribution in [0.15, 0.2) is 12.2 Å². The molecule has 1 saturated carbocycles. The number of ether oxygens (including phenoxy) is 1. The molecule has 0 unspecified atom stereocenters. The molecule has 0 amide bonds. The maximum atomic E-state index is 5.46. The topological polar surface area (TPSA) is 24.5 Å². The van der Waals surface area contributed by atoms with Gasteiger partial charge in [0.2, 0.25) is 0 Å². The quantitative estimate of drug-likeness (QED) is 0.547. The summed E-state index contributed by atoms with van der Waals surface area (Å²) in [6.07, 6.45) is 7.30. The Hall–Kier alpha value is -0.610. The standard InChI is InChI=1S/C12H18N2OS/c16-12(14-3-5-15-6-4-14)13-11-8-9-1-2-10(11)7-9/h1-2,9-11H,3-8H2,(H,13,16)/t9-,10+,11+/m0/s1. The zero-order valence-electron chi connectivity index (χ0n) is 9.39. The number of fused-ring (bicyclic) bond motifs is 2. The summed E-state index contributed by atoms with van der Waals surface area (Å²) in [4.78, 5) is 2.23. The van der Waals surface area contributed by atoms with Gasteiger partial charge in [-0.2, -0.15) is 0 Å². The molecular weight excluding hydrogens is 220 g/mol. The van der Waals surface area contributed by atoms with Gasteiger partial charge in [-0.3, -0.25) is 0 Å². The lowest BCUT2D eigenvalue weighted by atomic mass is 10.0. The minimum atomic E-state index is 0.574. The minimum Gasteiger partial charge on any atom is -0.378 e. The highest BCUT2D eigenvalue weighted by Gasteiger charge is 2.36. The van der Waals surface area contributed by atoms with Crippen molar-refractivity contribution in [2.45, 2.75) is 18.9 Å². The fourth-order valence-electron chi connectivity index (χ4n) is 2.96. The fraction of sp³-hybridized carbons (Fsp3) is 0.750. The average molecular weight is 238 g/mol. The molecule has 4 heteroatoms. The SMILES string of the molecule is S=C(N[C@@H]1C[C@H]2C=C[C@@H]1C2)N1CCOCC1. The molecule has 3 atom stereocenters. The number of morpholine rings is 1. The summed E-state index contributed by atoms with van der Waals surface area (Å²) in [6.45, 7) is 3.47. The Labute approximate surface area is 102 Å². The van der Waals surface area contributed by atoms with Crippen LogP contribution in [0.3, 0.4) is 0 Å².